The molecule has 1 aromatic carbocycles. The molecule has 6 heteroatoms. The van der Waals surface area contributed by atoms with Crippen LogP contribution in [0, 0.1) is 0 Å². The lowest BCUT2D eigenvalue weighted by Gasteiger charge is -2.31. The summed E-state index contributed by atoms with van der Waals surface area (Å²) < 4.78 is 27.2. The Hall–Kier alpha value is -1.66. The van der Waals surface area contributed by atoms with Crippen molar-refractivity contribution in [2.45, 2.75) is 31.6 Å². The van der Waals surface area contributed by atoms with Gasteiger partial charge in [0.15, 0.2) is 0 Å². The normalized spacial score (nSPS) is 21.2. The Bertz CT molecular complexity index is 714. The van der Waals surface area contributed by atoms with E-state index < -0.39 is 10.0 Å². The van der Waals surface area contributed by atoms with Crippen molar-refractivity contribution in [3.05, 3.63) is 54.1 Å². The van der Waals surface area contributed by atoms with E-state index in [2.05, 4.69) is 9.97 Å². The van der Waals surface area contributed by atoms with Gasteiger partial charge in [0.25, 0.3) is 0 Å². The minimum Gasteiger partial charge on any atom is -0.348 e. The van der Waals surface area contributed by atoms with Crippen LogP contribution in [0.4, 0.5) is 0 Å². The number of imidazole rings is 1. The van der Waals surface area contributed by atoms with Crippen LogP contribution in [0.15, 0.2) is 42.7 Å². The Morgan fingerprint density at radius 2 is 2.13 bits per heavy atom. The number of aromatic amines is 1. The summed E-state index contributed by atoms with van der Waals surface area (Å²) in [6.45, 7) is 3.11. The molecule has 2 aromatic rings. The Morgan fingerprint density at radius 1 is 1.35 bits per heavy atom. The molecule has 2 heterocycles. The van der Waals surface area contributed by atoms with E-state index in [1.54, 1.807) is 16.7 Å². The van der Waals surface area contributed by atoms with Gasteiger partial charge in [-0.3, -0.25) is 0 Å². The monoisotopic (exact) mass is 333 g/mol. The van der Waals surface area contributed by atoms with E-state index in [0.717, 1.165) is 24.2 Å². The maximum atomic E-state index is 12.8. The molecule has 23 heavy (non-hydrogen) atoms. The maximum absolute atomic E-state index is 12.8. The van der Waals surface area contributed by atoms with Crippen molar-refractivity contribution >= 4 is 10.0 Å². The Kier molecular flexibility index (Phi) is 4.82. The third-order valence-electron chi connectivity index (χ3n) is 4.51. The predicted molar refractivity (Wildman–Crippen MR) is 90.8 cm³/mol. The summed E-state index contributed by atoms with van der Waals surface area (Å²) >= 11 is 0. The summed E-state index contributed by atoms with van der Waals surface area (Å²) in [7, 11) is -3.26. The number of aromatic nitrogens is 2. The van der Waals surface area contributed by atoms with Crippen LogP contribution < -0.4 is 0 Å². The Labute approximate surface area is 137 Å². The summed E-state index contributed by atoms with van der Waals surface area (Å²) in [6, 6.07) is 9.83. The molecule has 0 bridgehead atoms. The highest BCUT2D eigenvalue weighted by Crippen LogP contribution is 2.27. The number of benzene rings is 1. The largest absolute Gasteiger partial charge is 0.348 e. The molecule has 124 valence electrons. The van der Waals surface area contributed by atoms with Gasteiger partial charge in [-0.05, 0) is 24.3 Å². The van der Waals surface area contributed by atoms with Crippen LogP contribution in [0.5, 0.6) is 0 Å². The molecule has 0 spiro atoms. The van der Waals surface area contributed by atoms with Gasteiger partial charge in [-0.2, -0.15) is 0 Å². The lowest BCUT2D eigenvalue weighted by atomic mass is 9.99. The summed E-state index contributed by atoms with van der Waals surface area (Å²) in [4.78, 5) is 7.40. The fraction of sp³-hybridized carbons (Fsp3) is 0.471. The fourth-order valence-electron chi connectivity index (χ4n) is 3.22. The van der Waals surface area contributed by atoms with Gasteiger partial charge in [-0.15, -0.1) is 0 Å². The van der Waals surface area contributed by atoms with Crippen LogP contribution in [0.2, 0.25) is 0 Å². The van der Waals surface area contributed by atoms with Gasteiger partial charge in [-0.25, -0.2) is 17.7 Å². The highest BCUT2D eigenvalue weighted by Gasteiger charge is 2.31. The van der Waals surface area contributed by atoms with Crippen LogP contribution in [-0.2, 0) is 10.0 Å². The first-order valence-electron chi connectivity index (χ1n) is 8.08. The topological polar surface area (TPSA) is 66.1 Å². The molecule has 0 amide bonds. The number of sulfonamides is 1. The fourth-order valence-corrected chi connectivity index (χ4v) is 5.07. The molecule has 3 rings (SSSR count). The smallest absolute Gasteiger partial charge is 0.214 e. The second-order valence-electron chi connectivity index (χ2n) is 6.26. The molecule has 1 aliphatic rings. The van der Waals surface area contributed by atoms with Crippen molar-refractivity contribution < 1.29 is 8.42 Å². The van der Waals surface area contributed by atoms with Gasteiger partial charge in [-0.1, -0.05) is 37.3 Å². The molecule has 1 fully saturated rings. The van der Waals surface area contributed by atoms with Gasteiger partial charge in [0.05, 0.1) is 5.75 Å². The van der Waals surface area contributed by atoms with Crippen molar-refractivity contribution in [1.29, 1.82) is 0 Å². The van der Waals surface area contributed by atoms with Gasteiger partial charge in [0.1, 0.15) is 5.82 Å². The van der Waals surface area contributed by atoms with E-state index in [0.29, 0.717) is 13.1 Å². The van der Waals surface area contributed by atoms with Gasteiger partial charge in [0.2, 0.25) is 10.0 Å². The van der Waals surface area contributed by atoms with Crippen molar-refractivity contribution in [2.75, 3.05) is 18.8 Å². The zero-order valence-corrected chi connectivity index (χ0v) is 14.2. The molecule has 2 atom stereocenters. The minimum absolute atomic E-state index is 0.00908. The number of rotatable bonds is 5. The average molecular weight is 333 g/mol. The molecule has 0 unspecified atom stereocenters. The molecule has 0 saturated carbocycles. The Balaban J connectivity index is 1.69. The molecule has 1 N–H and O–H groups in total. The highest BCUT2D eigenvalue weighted by molar-refractivity contribution is 7.89. The van der Waals surface area contributed by atoms with Crippen molar-refractivity contribution in [2.24, 2.45) is 0 Å². The maximum Gasteiger partial charge on any atom is 0.214 e. The quantitative estimate of drug-likeness (QED) is 0.915. The van der Waals surface area contributed by atoms with Gasteiger partial charge < -0.3 is 4.98 Å². The second-order valence-corrected chi connectivity index (χ2v) is 8.28. The molecule has 1 saturated heterocycles. The molecule has 5 nitrogen and oxygen atoms in total. The molecular formula is C17H23N3O2S. The third-order valence-corrected chi connectivity index (χ3v) is 6.55. The SMILES string of the molecule is C[C@H](CS(=O)(=O)N1CCC[C@@H](c2ncc[nH]2)C1)c1ccccc1. The molecule has 0 aliphatic carbocycles. The lowest BCUT2D eigenvalue weighted by molar-refractivity contribution is 0.309. The molecule has 1 aromatic heterocycles. The first-order chi connectivity index (χ1) is 11.1. The van der Waals surface area contributed by atoms with Crippen LogP contribution in [0.1, 0.15) is 43.0 Å². The number of nitrogens with zero attached hydrogens (tertiary/aromatic N) is 2. The molecular weight excluding hydrogens is 310 g/mol. The van der Waals surface area contributed by atoms with Crippen LogP contribution in [-0.4, -0.2) is 41.5 Å². The summed E-state index contributed by atoms with van der Waals surface area (Å²) in [5, 5.41) is 0. The number of piperidine rings is 1. The average Bonchev–Trinajstić information content (AvgIpc) is 3.10. The van der Waals surface area contributed by atoms with Crippen molar-refractivity contribution in [3.8, 4) is 0 Å². The lowest BCUT2D eigenvalue weighted by Crippen LogP contribution is -2.41. The van der Waals surface area contributed by atoms with Crippen LogP contribution in [0.3, 0.4) is 0 Å². The van der Waals surface area contributed by atoms with E-state index in [-0.39, 0.29) is 17.6 Å². The van der Waals surface area contributed by atoms with E-state index in [4.69, 9.17) is 0 Å². The number of hydrogen-bond donors (Lipinski definition) is 1. The minimum atomic E-state index is -3.26. The first kappa shape index (κ1) is 16.2. The summed E-state index contributed by atoms with van der Waals surface area (Å²) in [5.41, 5.74) is 1.07. The van der Waals surface area contributed by atoms with Crippen LogP contribution >= 0.6 is 0 Å². The predicted octanol–water partition coefficient (Wildman–Crippen LogP) is 2.72. The van der Waals surface area contributed by atoms with E-state index in [1.807, 2.05) is 37.3 Å². The van der Waals surface area contributed by atoms with E-state index >= 15 is 0 Å². The van der Waals surface area contributed by atoms with Crippen molar-refractivity contribution in [1.82, 2.24) is 14.3 Å². The zero-order chi connectivity index (χ0) is 16.3. The number of hydrogen-bond acceptors (Lipinski definition) is 3. The molecule has 1 aliphatic heterocycles. The highest BCUT2D eigenvalue weighted by atomic mass is 32.2. The standard InChI is InChI=1S/C17H23N3O2S/c1-14(15-6-3-2-4-7-15)13-23(21,22)20-11-5-8-16(12-20)17-18-9-10-19-17/h2-4,6-7,9-10,14,16H,5,8,11-13H2,1H3,(H,18,19)/t14-,16-/m1/s1. The van der Waals surface area contributed by atoms with E-state index in [1.165, 1.54) is 0 Å². The number of nitrogens with one attached hydrogen (secondary N) is 1. The van der Waals surface area contributed by atoms with E-state index in [9.17, 15) is 8.42 Å². The van der Waals surface area contributed by atoms with Gasteiger partial charge >= 0.3 is 0 Å². The second kappa shape index (κ2) is 6.84. The summed E-state index contributed by atoms with van der Waals surface area (Å²) in [6.07, 6.45) is 5.37. The van der Waals surface area contributed by atoms with Gasteiger partial charge in [0, 0.05) is 31.4 Å². The third kappa shape index (κ3) is 3.82. The number of H-pyrrole nitrogens is 1. The summed E-state index contributed by atoms with van der Waals surface area (Å²) in [5.74, 6) is 1.20. The Morgan fingerprint density at radius 3 is 2.83 bits per heavy atom. The first-order valence-corrected chi connectivity index (χ1v) is 9.69. The van der Waals surface area contributed by atoms with Crippen LogP contribution in [0.25, 0.3) is 0 Å². The molecule has 0 radical (unpaired) electrons. The zero-order valence-electron chi connectivity index (χ0n) is 13.4. The van der Waals surface area contributed by atoms with Crippen molar-refractivity contribution in [3.63, 3.8) is 0 Å².